The van der Waals surface area contributed by atoms with E-state index >= 15 is 0 Å². The molecule has 1 aliphatic heterocycles. The molecule has 1 aliphatic rings. The molecule has 1 saturated heterocycles. The maximum atomic E-state index is 9.91. The summed E-state index contributed by atoms with van der Waals surface area (Å²) >= 11 is 0. The van der Waals surface area contributed by atoms with Crippen molar-refractivity contribution in [1.82, 2.24) is 14.9 Å². The van der Waals surface area contributed by atoms with Gasteiger partial charge in [-0.2, -0.15) is 10.6 Å². The molecule has 0 atom stereocenters. The van der Waals surface area contributed by atoms with Crippen LogP contribution in [-0.2, 0) is 6.54 Å². The normalized spacial score (nSPS) is 16.3. The largest absolute Gasteiger partial charge is 0.490 e. The van der Waals surface area contributed by atoms with Gasteiger partial charge in [-0.3, -0.25) is 19.0 Å². The molecular weight excluding hydrogens is 498 g/mol. The Morgan fingerprint density at radius 1 is 0.895 bits per heavy atom. The van der Waals surface area contributed by atoms with Gasteiger partial charge >= 0.3 is 0 Å². The van der Waals surface area contributed by atoms with Crippen molar-refractivity contribution in [2.24, 2.45) is 0 Å². The van der Waals surface area contributed by atoms with Crippen LogP contribution in [0.3, 0.4) is 0 Å². The van der Waals surface area contributed by atoms with Gasteiger partial charge in [-0.25, -0.2) is 4.98 Å². The van der Waals surface area contributed by atoms with Gasteiger partial charge in [0.05, 0.1) is 47.6 Å². The third-order valence-electron chi connectivity index (χ3n) is 6.93. The highest BCUT2D eigenvalue weighted by Crippen LogP contribution is 2.40. The first-order valence-corrected chi connectivity index (χ1v) is 15.0. The van der Waals surface area contributed by atoms with Crippen molar-refractivity contribution in [3.8, 4) is 33.9 Å². The third kappa shape index (κ3) is 5.78. The monoisotopic (exact) mass is 533 g/mol. The van der Waals surface area contributed by atoms with E-state index < -0.39 is 10.6 Å². The third-order valence-corrected chi connectivity index (χ3v) is 8.60. The average Bonchev–Trinajstić information content (AvgIpc) is 2.91. The lowest BCUT2D eigenvalue weighted by Gasteiger charge is -2.41. The van der Waals surface area contributed by atoms with Crippen LogP contribution in [0.5, 0.6) is 11.5 Å². The molecular formula is C30H35N3O4S. The number of hydrogen-bond acceptors (Lipinski definition) is 7. The topological polar surface area (TPSA) is 87.9 Å². The van der Waals surface area contributed by atoms with E-state index in [1.807, 2.05) is 44.2 Å². The number of benzene rings is 3. The quantitative estimate of drug-likeness (QED) is 0.263. The summed E-state index contributed by atoms with van der Waals surface area (Å²) in [5, 5.41) is 0. The molecule has 1 aromatic heterocycles. The molecule has 3 aromatic carbocycles. The van der Waals surface area contributed by atoms with Gasteiger partial charge in [0.25, 0.3) is 0 Å². The minimum atomic E-state index is -2.38. The van der Waals surface area contributed by atoms with Crippen molar-refractivity contribution in [2.45, 2.75) is 27.3 Å². The molecule has 2 heterocycles. The molecule has 38 heavy (non-hydrogen) atoms. The van der Waals surface area contributed by atoms with E-state index in [1.54, 1.807) is 6.20 Å². The number of aromatic nitrogens is 2. The molecule has 7 nitrogen and oxygen atoms in total. The number of para-hydroxylation sites is 1. The van der Waals surface area contributed by atoms with E-state index in [-0.39, 0.29) is 0 Å². The van der Waals surface area contributed by atoms with E-state index in [9.17, 15) is 9.11 Å². The molecule has 0 aliphatic carbocycles. The smallest absolute Gasteiger partial charge is 0.161 e. The molecule has 8 heteroatoms. The van der Waals surface area contributed by atoms with Crippen LogP contribution in [0.2, 0.25) is 0 Å². The van der Waals surface area contributed by atoms with E-state index in [4.69, 9.17) is 19.4 Å². The number of ether oxygens (including phenoxy) is 2. The maximum Gasteiger partial charge on any atom is 0.161 e. The fourth-order valence-electron chi connectivity index (χ4n) is 4.82. The Labute approximate surface area is 225 Å². The van der Waals surface area contributed by atoms with E-state index in [1.165, 1.54) is 11.1 Å². The minimum Gasteiger partial charge on any atom is -0.490 e. The van der Waals surface area contributed by atoms with Gasteiger partial charge in [0, 0.05) is 30.8 Å². The maximum absolute atomic E-state index is 9.91. The second-order valence-corrected chi connectivity index (χ2v) is 12.0. The number of rotatable bonds is 8. The van der Waals surface area contributed by atoms with Crippen LogP contribution >= 0.6 is 10.6 Å². The number of aryl methyl sites for hydroxylation is 1. The van der Waals surface area contributed by atoms with Crippen LogP contribution in [0.4, 0.5) is 0 Å². The summed E-state index contributed by atoms with van der Waals surface area (Å²) in [6, 6.07) is 18.5. The molecule has 0 amide bonds. The summed E-state index contributed by atoms with van der Waals surface area (Å²) in [4.78, 5) is 12.1. The summed E-state index contributed by atoms with van der Waals surface area (Å²) in [5.74, 6) is 2.34. The van der Waals surface area contributed by atoms with Gasteiger partial charge in [0.15, 0.2) is 11.5 Å². The van der Waals surface area contributed by atoms with Crippen molar-refractivity contribution in [3.05, 3.63) is 71.9 Å². The first kappa shape index (κ1) is 26.4. The van der Waals surface area contributed by atoms with E-state index in [0.29, 0.717) is 43.6 Å². The molecule has 4 aromatic rings. The number of nitrogens with zero attached hydrogens (tertiary/aromatic N) is 3. The highest BCUT2D eigenvalue weighted by atomic mass is 32.3. The molecule has 2 N–H and O–H groups in total. The number of fused-ring (bicyclic) bond motifs is 1. The van der Waals surface area contributed by atoms with Crippen molar-refractivity contribution in [3.63, 3.8) is 0 Å². The first-order valence-electron chi connectivity index (χ1n) is 13.1. The van der Waals surface area contributed by atoms with Crippen LogP contribution in [0, 0.1) is 6.92 Å². The van der Waals surface area contributed by atoms with Gasteiger partial charge in [-0.15, -0.1) is 0 Å². The molecule has 0 radical (unpaired) electrons. The van der Waals surface area contributed by atoms with Crippen LogP contribution < -0.4 is 9.47 Å². The highest BCUT2D eigenvalue weighted by molar-refractivity contribution is 8.24. The van der Waals surface area contributed by atoms with Gasteiger partial charge in [0.2, 0.25) is 0 Å². The Bertz CT molecular complexity index is 1430. The van der Waals surface area contributed by atoms with Gasteiger partial charge < -0.3 is 9.47 Å². The van der Waals surface area contributed by atoms with Crippen molar-refractivity contribution < 1.29 is 18.6 Å². The highest BCUT2D eigenvalue weighted by Gasteiger charge is 2.22. The lowest BCUT2D eigenvalue weighted by Crippen LogP contribution is -2.37. The van der Waals surface area contributed by atoms with Crippen LogP contribution in [0.1, 0.15) is 25.0 Å². The second kappa shape index (κ2) is 11.3. The molecule has 200 valence electrons. The fraction of sp³-hybridized carbons (Fsp3) is 0.333. The minimum absolute atomic E-state index is 0.460. The Kier molecular flexibility index (Phi) is 7.85. The summed E-state index contributed by atoms with van der Waals surface area (Å²) in [6.07, 6.45) is 1.81. The summed E-state index contributed by atoms with van der Waals surface area (Å²) in [7, 11) is -2.38. The molecule has 0 unspecified atom stereocenters. The van der Waals surface area contributed by atoms with Crippen LogP contribution in [0.25, 0.3) is 33.4 Å². The van der Waals surface area contributed by atoms with Gasteiger partial charge in [-0.1, -0.05) is 30.3 Å². The van der Waals surface area contributed by atoms with Crippen molar-refractivity contribution in [1.29, 1.82) is 0 Å². The SMILES string of the molecule is CCOc1ccc(-c2cnc3cccc(-c4ccc(CN5CCS(O)(O)CC5)c(C)c4)c3n2)cc1OCC. The molecule has 0 saturated carbocycles. The van der Waals surface area contributed by atoms with Gasteiger partial charge in [0.1, 0.15) is 0 Å². The van der Waals surface area contributed by atoms with Crippen LogP contribution in [-0.4, -0.2) is 61.8 Å². The summed E-state index contributed by atoms with van der Waals surface area (Å²) in [5.41, 5.74) is 7.98. The Balaban J connectivity index is 1.45. The van der Waals surface area contributed by atoms with Crippen LogP contribution in [0.15, 0.2) is 60.8 Å². The van der Waals surface area contributed by atoms with E-state index in [2.05, 4.69) is 36.1 Å². The standard InChI is InChI=1S/C30H35N3O4S/c1-4-36-28-12-11-23(18-29(28)37-5-2)27-19-31-26-8-6-7-25(30(26)32-27)22-9-10-24(21(3)17-22)20-33-13-15-38(34,35)16-14-33/h6-12,17-19,34-35H,4-5,13-16,20H2,1-3H3. The van der Waals surface area contributed by atoms with Crippen molar-refractivity contribution in [2.75, 3.05) is 37.8 Å². The predicted octanol–water partition coefficient (Wildman–Crippen LogP) is 6.64. The lowest BCUT2D eigenvalue weighted by atomic mass is 9.98. The zero-order chi connectivity index (χ0) is 26.7. The Morgan fingerprint density at radius 3 is 2.37 bits per heavy atom. The average molecular weight is 534 g/mol. The molecule has 1 fully saturated rings. The summed E-state index contributed by atoms with van der Waals surface area (Å²) < 4.78 is 31.4. The molecule has 0 spiro atoms. The number of hydrogen-bond donors (Lipinski definition) is 2. The molecule has 0 bridgehead atoms. The second-order valence-electron chi connectivity index (χ2n) is 9.58. The Morgan fingerprint density at radius 2 is 1.63 bits per heavy atom. The Hall–Kier alpha value is -3.17. The van der Waals surface area contributed by atoms with Crippen molar-refractivity contribution >= 4 is 21.6 Å². The zero-order valence-electron chi connectivity index (χ0n) is 22.2. The molecule has 5 rings (SSSR count). The summed E-state index contributed by atoms with van der Waals surface area (Å²) in [6.45, 7) is 9.40. The van der Waals surface area contributed by atoms with E-state index in [0.717, 1.165) is 45.7 Å². The predicted molar refractivity (Wildman–Crippen MR) is 155 cm³/mol. The first-order chi connectivity index (χ1) is 18.4. The fourth-order valence-corrected chi connectivity index (χ4v) is 6.13. The van der Waals surface area contributed by atoms with Gasteiger partial charge in [-0.05, 0) is 61.7 Å². The lowest BCUT2D eigenvalue weighted by molar-refractivity contribution is 0.277. The zero-order valence-corrected chi connectivity index (χ0v) is 23.0.